The Kier molecular flexibility index (Phi) is 6.71. The molecule has 19 heavy (non-hydrogen) atoms. The summed E-state index contributed by atoms with van der Waals surface area (Å²) >= 11 is 0. The van der Waals surface area contributed by atoms with Crippen molar-refractivity contribution >= 4 is 12.4 Å². The number of nitrogens with zero attached hydrogens (tertiary/aromatic N) is 3. The second-order valence-electron chi connectivity index (χ2n) is 4.67. The molecule has 1 fully saturated rings. The van der Waals surface area contributed by atoms with Crippen molar-refractivity contribution < 1.29 is 9.26 Å². The molecule has 1 aromatic heterocycles. The van der Waals surface area contributed by atoms with Crippen LogP contribution in [0.3, 0.4) is 0 Å². The lowest BCUT2D eigenvalue weighted by atomic mass is 10.2. The first-order valence-electron chi connectivity index (χ1n) is 6.59. The zero-order valence-corrected chi connectivity index (χ0v) is 12.6. The van der Waals surface area contributed by atoms with Crippen LogP contribution in [0.1, 0.15) is 38.6 Å². The highest BCUT2D eigenvalue weighted by Crippen LogP contribution is 2.14. The van der Waals surface area contributed by atoms with Crippen LogP contribution >= 0.6 is 12.4 Å². The van der Waals surface area contributed by atoms with Gasteiger partial charge in [-0.05, 0) is 20.8 Å². The fourth-order valence-electron chi connectivity index (χ4n) is 2.11. The number of hydrogen-bond donors (Lipinski definition) is 1. The average Bonchev–Trinajstić information content (AvgIpc) is 2.81. The summed E-state index contributed by atoms with van der Waals surface area (Å²) in [6.07, 6.45) is -0.104. The molecule has 2 atom stereocenters. The molecule has 0 saturated carbocycles. The quantitative estimate of drug-likeness (QED) is 0.884. The number of nitrogens with one attached hydrogen (secondary N) is 1. The summed E-state index contributed by atoms with van der Waals surface area (Å²) < 4.78 is 10.7. The van der Waals surface area contributed by atoms with Gasteiger partial charge in [0.25, 0.3) is 0 Å². The summed E-state index contributed by atoms with van der Waals surface area (Å²) in [6.45, 7) is 10.5. The van der Waals surface area contributed by atoms with Crippen LogP contribution in [0.4, 0.5) is 0 Å². The van der Waals surface area contributed by atoms with E-state index < -0.39 is 0 Å². The summed E-state index contributed by atoms with van der Waals surface area (Å²) in [5.74, 6) is 1.31. The van der Waals surface area contributed by atoms with E-state index in [4.69, 9.17) is 9.26 Å². The minimum Gasteiger partial charge on any atom is -0.371 e. The smallest absolute Gasteiger partial charge is 0.240 e. The fraction of sp³-hybridized carbons (Fsp3) is 0.833. The molecular weight excluding hydrogens is 268 g/mol. The van der Waals surface area contributed by atoms with Gasteiger partial charge in [-0.1, -0.05) is 5.16 Å². The topological polar surface area (TPSA) is 63.4 Å². The minimum absolute atomic E-state index is 0. The van der Waals surface area contributed by atoms with E-state index in [0.29, 0.717) is 30.9 Å². The Balaban J connectivity index is 0.00000180. The molecule has 1 N–H and O–H groups in total. The highest BCUT2D eigenvalue weighted by molar-refractivity contribution is 5.85. The first-order chi connectivity index (χ1) is 8.70. The monoisotopic (exact) mass is 290 g/mol. The van der Waals surface area contributed by atoms with Crippen molar-refractivity contribution in [2.75, 3.05) is 26.2 Å². The second kappa shape index (κ2) is 7.79. The molecule has 1 saturated heterocycles. The highest BCUT2D eigenvalue weighted by atomic mass is 35.5. The number of ether oxygens (including phenoxy) is 1. The second-order valence-corrected chi connectivity index (χ2v) is 4.67. The Morgan fingerprint density at radius 1 is 1.58 bits per heavy atom. The van der Waals surface area contributed by atoms with Gasteiger partial charge < -0.3 is 14.6 Å². The molecule has 0 radical (unpaired) electrons. The van der Waals surface area contributed by atoms with Crippen molar-refractivity contribution in [1.29, 1.82) is 0 Å². The van der Waals surface area contributed by atoms with Crippen molar-refractivity contribution in [3.8, 4) is 0 Å². The lowest BCUT2D eigenvalue weighted by Crippen LogP contribution is -2.49. The molecule has 2 rings (SSSR count). The molecule has 1 aliphatic rings. The van der Waals surface area contributed by atoms with Gasteiger partial charge in [0, 0.05) is 32.3 Å². The zero-order chi connectivity index (χ0) is 13.0. The maximum atomic E-state index is 5.44. The molecule has 0 amide bonds. The maximum Gasteiger partial charge on any atom is 0.240 e. The van der Waals surface area contributed by atoms with E-state index in [1.54, 1.807) is 0 Å². The van der Waals surface area contributed by atoms with E-state index in [0.717, 1.165) is 19.6 Å². The van der Waals surface area contributed by atoms with Gasteiger partial charge in [0.05, 0.1) is 6.54 Å². The van der Waals surface area contributed by atoms with E-state index in [2.05, 4.69) is 27.3 Å². The normalized spacial score (nSPS) is 21.9. The fourth-order valence-corrected chi connectivity index (χ4v) is 2.11. The molecule has 2 heterocycles. The van der Waals surface area contributed by atoms with E-state index in [9.17, 15) is 0 Å². The lowest BCUT2D eigenvalue weighted by Gasteiger charge is -2.32. The van der Waals surface area contributed by atoms with Crippen molar-refractivity contribution in [2.24, 2.45) is 0 Å². The molecule has 7 heteroatoms. The summed E-state index contributed by atoms with van der Waals surface area (Å²) in [5, 5.41) is 7.33. The van der Waals surface area contributed by atoms with Gasteiger partial charge in [-0.15, -0.1) is 12.4 Å². The van der Waals surface area contributed by atoms with E-state index >= 15 is 0 Å². The molecule has 6 nitrogen and oxygen atoms in total. The van der Waals surface area contributed by atoms with Gasteiger partial charge in [0.1, 0.15) is 6.10 Å². The molecular formula is C12H23ClN4O2. The molecule has 1 aliphatic heterocycles. The Hall–Kier alpha value is -0.690. The number of hydrogen-bond acceptors (Lipinski definition) is 6. The zero-order valence-electron chi connectivity index (χ0n) is 11.8. The third kappa shape index (κ3) is 4.42. The van der Waals surface area contributed by atoms with Gasteiger partial charge in [0.15, 0.2) is 5.82 Å². The third-order valence-electron chi connectivity index (χ3n) is 3.24. The predicted molar refractivity (Wildman–Crippen MR) is 74.3 cm³/mol. The van der Waals surface area contributed by atoms with Crippen molar-refractivity contribution in [1.82, 2.24) is 20.4 Å². The number of rotatable bonds is 5. The molecule has 0 bridgehead atoms. The Labute approximate surface area is 120 Å². The van der Waals surface area contributed by atoms with Crippen LogP contribution in [-0.2, 0) is 11.3 Å². The SMILES string of the molecule is CCOC(C)c1noc(CN2CCNC[C@H]2C)n1.Cl. The largest absolute Gasteiger partial charge is 0.371 e. The molecule has 1 unspecified atom stereocenters. The molecule has 0 spiro atoms. The van der Waals surface area contributed by atoms with Crippen LogP contribution in [0.5, 0.6) is 0 Å². The van der Waals surface area contributed by atoms with E-state index in [1.807, 2.05) is 13.8 Å². The van der Waals surface area contributed by atoms with Gasteiger partial charge in [0.2, 0.25) is 5.89 Å². The van der Waals surface area contributed by atoms with Gasteiger partial charge in [-0.25, -0.2) is 0 Å². The van der Waals surface area contributed by atoms with Crippen LogP contribution in [0.2, 0.25) is 0 Å². The van der Waals surface area contributed by atoms with Crippen molar-refractivity contribution in [3.05, 3.63) is 11.7 Å². The summed E-state index contributed by atoms with van der Waals surface area (Å²) in [4.78, 5) is 6.74. The van der Waals surface area contributed by atoms with Gasteiger partial charge in [-0.2, -0.15) is 4.98 Å². The van der Waals surface area contributed by atoms with Gasteiger partial charge >= 0.3 is 0 Å². The Bertz CT molecular complexity index is 374. The summed E-state index contributed by atoms with van der Waals surface area (Å²) in [6, 6.07) is 0.499. The van der Waals surface area contributed by atoms with Crippen LogP contribution in [-0.4, -0.2) is 47.3 Å². The molecule has 1 aromatic rings. The van der Waals surface area contributed by atoms with Crippen molar-refractivity contribution in [2.45, 2.75) is 39.5 Å². The molecule has 110 valence electrons. The predicted octanol–water partition coefficient (Wildman–Crippen LogP) is 1.38. The Morgan fingerprint density at radius 3 is 3.05 bits per heavy atom. The summed E-state index contributed by atoms with van der Waals surface area (Å²) in [7, 11) is 0. The number of aromatic nitrogens is 2. The molecule has 0 aromatic carbocycles. The lowest BCUT2D eigenvalue weighted by molar-refractivity contribution is 0.0683. The first-order valence-corrected chi connectivity index (χ1v) is 6.59. The van der Waals surface area contributed by atoms with Crippen LogP contribution in [0.25, 0.3) is 0 Å². The first kappa shape index (κ1) is 16.4. The van der Waals surface area contributed by atoms with Crippen molar-refractivity contribution in [3.63, 3.8) is 0 Å². The molecule has 0 aliphatic carbocycles. The average molecular weight is 291 g/mol. The highest BCUT2D eigenvalue weighted by Gasteiger charge is 2.21. The van der Waals surface area contributed by atoms with Crippen LogP contribution < -0.4 is 5.32 Å². The number of halogens is 1. The third-order valence-corrected chi connectivity index (χ3v) is 3.24. The Morgan fingerprint density at radius 2 is 2.37 bits per heavy atom. The van der Waals surface area contributed by atoms with E-state index in [1.165, 1.54) is 0 Å². The van der Waals surface area contributed by atoms with Gasteiger partial charge in [-0.3, -0.25) is 4.90 Å². The number of piperazine rings is 1. The van der Waals surface area contributed by atoms with Crippen LogP contribution in [0, 0.1) is 0 Å². The maximum absolute atomic E-state index is 5.44. The standard InChI is InChI=1S/C12H22N4O2.ClH/c1-4-17-10(3)12-14-11(18-15-12)8-16-6-5-13-7-9(16)2;/h9-10,13H,4-8H2,1-3H3;1H/t9-,10?;/m1./s1. The van der Waals surface area contributed by atoms with Crippen LogP contribution in [0.15, 0.2) is 4.52 Å². The summed E-state index contributed by atoms with van der Waals surface area (Å²) in [5.41, 5.74) is 0. The van der Waals surface area contributed by atoms with E-state index in [-0.39, 0.29) is 18.5 Å². The minimum atomic E-state index is -0.104.